The van der Waals surface area contributed by atoms with Gasteiger partial charge in [0.1, 0.15) is 0 Å². The highest BCUT2D eigenvalue weighted by atomic mass is 16.5. The van der Waals surface area contributed by atoms with Crippen LogP contribution in [0.2, 0.25) is 0 Å². The topological polar surface area (TPSA) is 31.4 Å². The summed E-state index contributed by atoms with van der Waals surface area (Å²) in [7, 11) is 1.58. The van der Waals surface area contributed by atoms with Crippen molar-refractivity contribution in [3.05, 3.63) is 17.8 Å². The fourth-order valence-corrected chi connectivity index (χ4v) is 0.942. The van der Waals surface area contributed by atoms with Crippen LogP contribution in [0.4, 0.5) is 0 Å². The molecular weight excluding hydrogens is 178 g/mol. The SMILES string of the molecule is CC.CCOc1cc(C)cnc1OC. The van der Waals surface area contributed by atoms with Crippen LogP contribution in [-0.4, -0.2) is 18.7 Å². The number of aromatic nitrogens is 1. The molecule has 1 aromatic rings. The summed E-state index contributed by atoms with van der Waals surface area (Å²) in [6.07, 6.45) is 1.75. The van der Waals surface area contributed by atoms with E-state index < -0.39 is 0 Å². The summed E-state index contributed by atoms with van der Waals surface area (Å²) in [5.74, 6) is 1.25. The molecule has 0 aromatic carbocycles. The molecule has 0 unspecified atom stereocenters. The van der Waals surface area contributed by atoms with Crippen LogP contribution >= 0.6 is 0 Å². The van der Waals surface area contributed by atoms with Crippen LogP contribution in [0.1, 0.15) is 26.3 Å². The average molecular weight is 197 g/mol. The molecule has 80 valence electrons. The zero-order valence-corrected chi connectivity index (χ0v) is 9.63. The van der Waals surface area contributed by atoms with Crippen LogP contribution in [0.25, 0.3) is 0 Å². The van der Waals surface area contributed by atoms with Crippen LogP contribution in [0, 0.1) is 6.92 Å². The Hall–Kier alpha value is -1.25. The maximum absolute atomic E-state index is 5.32. The summed E-state index contributed by atoms with van der Waals surface area (Å²) in [4.78, 5) is 4.07. The molecule has 3 nitrogen and oxygen atoms in total. The summed E-state index contributed by atoms with van der Waals surface area (Å²) in [6.45, 7) is 8.53. The van der Waals surface area contributed by atoms with Gasteiger partial charge in [-0.1, -0.05) is 13.8 Å². The molecule has 0 saturated carbocycles. The predicted octanol–water partition coefficient (Wildman–Crippen LogP) is 2.82. The molecule has 14 heavy (non-hydrogen) atoms. The van der Waals surface area contributed by atoms with Gasteiger partial charge in [0, 0.05) is 6.20 Å². The molecule has 0 atom stereocenters. The van der Waals surface area contributed by atoms with E-state index in [1.165, 1.54) is 0 Å². The molecule has 0 bridgehead atoms. The minimum absolute atomic E-state index is 0.544. The fourth-order valence-electron chi connectivity index (χ4n) is 0.942. The predicted molar refractivity (Wildman–Crippen MR) is 58.0 cm³/mol. The second-order valence-corrected chi connectivity index (χ2v) is 2.45. The van der Waals surface area contributed by atoms with Gasteiger partial charge in [0.15, 0.2) is 5.75 Å². The van der Waals surface area contributed by atoms with Gasteiger partial charge in [-0.3, -0.25) is 0 Å². The van der Waals surface area contributed by atoms with E-state index in [9.17, 15) is 0 Å². The molecule has 0 radical (unpaired) electrons. The smallest absolute Gasteiger partial charge is 0.256 e. The minimum Gasteiger partial charge on any atom is -0.488 e. The Balaban J connectivity index is 0.000000791. The van der Waals surface area contributed by atoms with Crippen molar-refractivity contribution in [2.24, 2.45) is 0 Å². The number of hydrogen-bond acceptors (Lipinski definition) is 3. The lowest BCUT2D eigenvalue weighted by Gasteiger charge is -2.07. The Morgan fingerprint density at radius 3 is 2.50 bits per heavy atom. The van der Waals surface area contributed by atoms with Crippen LogP contribution < -0.4 is 9.47 Å². The third-order valence-corrected chi connectivity index (χ3v) is 1.45. The Kier molecular flexibility index (Phi) is 6.54. The normalized spacial score (nSPS) is 8.64. The summed E-state index contributed by atoms with van der Waals surface area (Å²) < 4.78 is 10.3. The third-order valence-electron chi connectivity index (χ3n) is 1.45. The highest BCUT2D eigenvalue weighted by Gasteiger charge is 2.03. The number of nitrogens with zero attached hydrogens (tertiary/aromatic N) is 1. The van der Waals surface area contributed by atoms with Crippen LogP contribution in [0.3, 0.4) is 0 Å². The van der Waals surface area contributed by atoms with Gasteiger partial charge in [0.2, 0.25) is 0 Å². The van der Waals surface area contributed by atoms with Crippen molar-refractivity contribution >= 4 is 0 Å². The van der Waals surface area contributed by atoms with E-state index in [1.54, 1.807) is 13.3 Å². The number of methoxy groups -OCH3 is 1. The molecule has 0 N–H and O–H groups in total. The molecule has 0 saturated heterocycles. The number of hydrogen-bond donors (Lipinski definition) is 0. The van der Waals surface area contributed by atoms with Crippen molar-refractivity contribution in [2.45, 2.75) is 27.7 Å². The molecule has 3 heteroatoms. The van der Waals surface area contributed by atoms with Gasteiger partial charge >= 0.3 is 0 Å². The van der Waals surface area contributed by atoms with Gasteiger partial charge in [0.25, 0.3) is 5.88 Å². The first-order chi connectivity index (χ1) is 6.77. The van der Waals surface area contributed by atoms with Crippen molar-refractivity contribution in [3.8, 4) is 11.6 Å². The summed E-state index contributed by atoms with van der Waals surface area (Å²) in [5, 5.41) is 0. The first-order valence-corrected chi connectivity index (χ1v) is 4.91. The average Bonchev–Trinajstić information content (AvgIpc) is 2.22. The van der Waals surface area contributed by atoms with E-state index in [0.717, 1.165) is 5.56 Å². The maximum Gasteiger partial charge on any atom is 0.256 e. The second kappa shape index (κ2) is 7.18. The molecule has 0 spiro atoms. The number of aryl methyl sites for hydroxylation is 1. The van der Waals surface area contributed by atoms with E-state index in [2.05, 4.69) is 4.98 Å². The zero-order chi connectivity index (χ0) is 11.0. The molecule has 1 aromatic heterocycles. The summed E-state index contributed by atoms with van der Waals surface area (Å²) in [6, 6.07) is 1.91. The van der Waals surface area contributed by atoms with Crippen molar-refractivity contribution in [3.63, 3.8) is 0 Å². The lowest BCUT2D eigenvalue weighted by atomic mass is 10.3. The quantitative estimate of drug-likeness (QED) is 0.746. The van der Waals surface area contributed by atoms with Gasteiger partial charge in [-0.2, -0.15) is 0 Å². The lowest BCUT2D eigenvalue weighted by molar-refractivity contribution is 0.303. The summed E-state index contributed by atoms with van der Waals surface area (Å²) >= 11 is 0. The van der Waals surface area contributed by atoms with Gasteiger partial charge in [-0.25, -0.2) is 4.98 Å². The molecule has 0 amide bonds. The van der Waals surface area contributed by atoms with Crippen molar-refractivity contribution in [1.82, 2.24) is 4.98 Å². The van der Waals surface area contributed by atoms with Crippen molar-refractivity contribution in [2.75, 3.05) is 13.7 Å². The molecule has 0 aliphatic carbocycles. The monoisotopic (exact) mass is 197 g/mol. The molecule has 1 rings (SSSR count). The molecular formula is C11H19NO2. The molecule has 0 aliphatic heterocycles. The number of ether oxygens (including phenoxy) is 2. The van der Waals surface area contributed by atoms with Gasteiger partial charge < -0.3 is 9.47 Å². The Bertz CT molecular complexity index is 261. The van der Waals surface area contributed by atoms with Gasteiger partial charge in [-0.05, 0) is 25.5 Å². The summed E-state index contributed by atoms with van der Waals surface area (Å²) in [5.41, 5.74) is 1.07. The number of pyridine rings is 1. The lowest BCUT2D eigenvalue weighted by Crippen LogP contribution is -1.97. The van der Waals surface area contributed by atoms with E-state index in [4.69, 9.17) is 9.47 Å². The Labute approximate surface area is 86.1 Å². The zero-order valence-electron chi connectivity index (χ0n) is 9.63. The maximum atomic E-state index is 5.32. The third kappa shape index (κ3) is 3.64. The molecule has 0 fully saturated rings. The first kappa shape index (κ1) is 12.8. The van der Waals surface area contributed by atoms with Gasteiger partial charge in [0.05, 0.1) is 13.7 Å². The van der Waals surface area contributed by atoms with E-state index in [1.807, 2.05) is 33.8 Å². The van der Waals surface area contributed by atoms with E-state index >= 15 is 0 Å². The standard InChI is InChI=1S/C9H13NO2.C2H6/c1-4-12-8-5-7(2)6-10-9(8)11-3;1-2/h5-6H,4H2,1-3H3;1-2H3. The Morgan fingerprint density at radius 1 is 1.36 bits per heavy atom. The van der Waals surface area contributed by atoms with E-state index in [0.29, 0.717) is 18.2 Å². The highest BCUT2D eigenvalue weighted by Crippen LogP contribution is 2.24. The second-order valence-electron chi connectivity index (χ2n) is 2.45. The van der Waals surface area contributed by atoms with Crippen LogP contribution in [-0.2, 0) is 0 Å². The van der Waals surface area contributed by atoms with Crippen LogP contribution in [0.5, 0.6) is 11.6 Å². The largest absolute Gasteiger partial charge is 0.488 e. The van der Waals surface area contributed by atoms with E-state index in [-0.39, 0.29) is 0 Å². The van der Waals surface area contributed by atoms with Crippen molar-refractivity contribution < 1.29 is 9.47 Å². The first-order valence-electron chi connectivity index (χ1n) is 4.91. The van der Waals surface area contributed by atoms with Gasteiger partial charge in [-0.15, -0.1) is 0 Å². The Morgan fingerprint density at radius 2 is 2.00 bits per heavy atom. The molecule has 0 aliphatic rings. The minimum atomic E-state index is 0.544. The van der Waals surface area contributed by atoms with Crippen molar-refractivity contribution in [1.29, 1.82) is 0 Å². The van der Waals surface area contributed by atoms with Crippen LogP contribution in [0.15, 0.2) is 12.3 Å². The molecule has 1 heterocycles. The highest BCUT2D eigenvalue weighted by molar-refractivity contribution is 5.35. The number of rotatable bonds is 3. The fraction of sp³-hybridized carbons (Fsp3) is 0.545.